The van der Waals surface area contributed by atoms with Crippen molar-refractivity contribution in [3.63, 3.8) is 0 Å². The van der Waals surface area contributed by atoms with Crippen LogP contribution in [-0.4, -0.2) is 46.1 Å². The molecule has 0 atom stereocenters. The minimum Gasteiger partial charge on any atom is -0.337 e. The number of halogens is 1. The van der Waals surface area contributed by atoms with Crippen molar-refractivity contribution in [3.8, 4) is 0 Å². The van der Waals surface area contributed by atoms with Crippen LogP contribution in [0.5, 0.6) is 0 Å². The molecule has 120 valence electrons. The van der Waals surface area contributed by atoms with E-state index in [4.69, 9.17) is 16.6 Å². The van der Waals surface area contributed by atoms with Gasteiger partial charge < -0.3 is 9.80 Å². The number of hydrogen-bond donors (Lipinski definition) is 0. The normalized spacial score (nSPS) is 18.0. The van der Waals surface area contributed by atoms with Gasteiger partial charge in [0.15, 0.2) is 0 Å². The van der Waals surface area contributed by atoms with E-state index in [0.717, 1.165) is 62.2 Å². The molecule has 0 unspecified atom stereocenters. The molecule has 0 aromatic carbocycles. The van der Waals surface area contributed by atoms with Crippen molar-refractivity contribution >= 4 is 23.5 Å². The third kappa shape index (κ3) is 2.95. The summed E-state index contributed by atoms with van der Waals surface area (Å²) < 4.78 is 0. The summed E-state index contributed by atoms with van der Waals surface area (Å²) in [4.78, 5) is 22.3. The van der Waals surface area contributed by atoms with Crippen LogP contribution in [0.1, 0.15) is 24.1 Å². The summed E-state index contributed by atoms with van der Waals surface area (Å²) in [5.41, 5.74) is 2.29. The summed E-state index contributed by atoms with van der Waals surface area (Å²) in [6, 6.07) is 1.84. The van der Waals surface area contributed by atoms with Crippen LogP contribution < -0.4 is 9.80 Å². The molecule has 6 nitrogen and oxygen atoms in total. The minimum atomic E-state index is 0.638. The van der Waals surface area contributed by atoms with Crippen molar-refractivity contribution in [2.45, 2.75) is 25.7 Å². The number of fused-ring (bicyclic) bond motifs is 1. The number of rotatable bonds is 2. The third-order valence-corrected chi connectivity index (χ3v) is 4.83. The molecule has 3 heterocycles. The van der Waals surface area contributed by atoms with E-state index in [-0.39, 0.29) is 0 Å². The number of hydrogen-bond acceptors (Lipinski definition) is 6. The lowest BCUT2D eigenvalue weighted by atomic mass is 9.97. The molecule has 0 amide bonds. The molecule has 1 saturated heterocycles. The quantitative estimate of drug-likeness (QED) is 0.786. The zero-order valence-corrected chi connectivity index (χ0v) is 13.7. The van der Waals surface area contributed by atoms with Crippen LogP contribution in [0.25, 0.3) is 0 Å². The molecule has 2 aromatic rings. The largest absolute Gasteiger partial charge is 0.337 e. The molecule has 1 fully saturated rings. The van der Waals surface area contributed by atoms with Crippen LogP contribution in [0.2, 0.25) is 5.15 Å². The van der Waals surface area contributed by atoms with Gasteiger partial charge in [0.1, 0.15) is 5.15 Å². The highest BCUT2D eigenvalue weighted by molar-refractivity contribution is 6.30. The highest BCUT2D eigenvalue weighted by atomic mass is 35.5. The molecular formula is C16H19ClN6. The first-order valence-corrected chi connectivity index (χ1v) is 8.51. The fourth-order valence-electron chi connectivity index (χ4n) is 3.24. The zero-order valence-electron chi connectivity index (χ0n) is 13.0. The lowest BCUT2D eigenvalue weighted by molar-refractivity contribution is 0.616. The summed E-state index contributed by atoms with van der Waals surface area (Å²) in [5, 5.41) is 0.638. The lowest BCUT2D eigenvalue weighted by Crippen LogP contribution is -2.47. The van der Waals surface area contributed by atoms with Gasteiger partial charge in [-0.25, -0.2) is 19.9 Å². The SMILES string of the molecule is Clc1nc(N2CCN(c3ncccn3)CC2)nc2c1CCCC2. The van der Waals surface area contributed by atoms with Gasteiger partial charge in [-0.15, -0.1) is 0 Å². The fraction of sp³-hybridized carbons (Fsp3) is 0.500. The standard InChI is InChI=1S/C16H19ClN6/c17-14-12-4-1-2-5-13(12)20-16(21-14)23-10-8-22(9-11-23)15-18-6-3-7-19-15/h3,6-7H,1-2,4-5,8-11H2. The van der Waals surface area contributed by atoms with Gasteiger partial charge in [0.2, 0.25) is 11.9 Å². The first kappa shape index (κ1) is 14.6. The van der Waals surface area contributed by atoms with E-state index < -0.39 is 0 Å². The van der Waals surface area contributed by atoms with Gasteiger partial charge in [-0.1, -0.05) is 11.6 Å². The number of aromatic nitrogens is 4. The minimum absolute atomic E-state index is 0.638. The summed E-state index contributed by atoms with van der Waals surface area (Å²) in [5.74, 6) is 1.56. The maximum atomic E-state index is 6.38. The van der Waals surface area contributed by atoms with E-state index >= 15 is 0 Å². The molecular weight excluding hydrogens is 312 g/mol. The van der Waals surface area contributed by atoms with Crippen molar-refractivity contribution in [1.82, 2.24) is 19.9 Å². The Labute approximate surface area is 140 Å². The Morgan fingerprint density at radius 1 is 0.826 bits per heavy atom. The van der Waals surface area contributed by atoms with Crippen LogP contribution in [0.4, 0.5) is 11.9 Å². The van der Waals surface area contributed by atoms with Gasteiger partial charge in [-0.05, 0) is 31.7 Å². The number of anilines is 2. The molecule has 4 rings (SSSR count). The van der Waals surface area contributed by atoms with Crippen LogP contribution in [-0.2, 0) is 12.8 Å². The van der Waals surface area contributed by atoms with Gasteiger partial charge >= 0.3 is 0 Å². The Bertz CT molecular complexity index is 684. The second-order valence-corrected chi connectivity index (χ2v) is 6.33. The van der Waals surface area contributed by atoms with Crippen molar-refractivity contribution < 1.29 is 0 Å². The van der Waals surface area contributed by atoms with Gasteiger partial charge in [0.25, 0.3) is 0 Å². The fourth-order valence-corrected chi connectivity index (χ4v) is 3.52. The molecule has 7 heteroatoms. The molecule has 0 N–H and O–H groups in total. The van der Waals surface area contributed by atoms with E-state index in [0.29, 0.717) is 5.15 Å². The van der Waals surface area contributed by atoms with Gasteiger partial charge in [0.05, 0.1) is 5.69 Å². The number of piperazine rings is 1. The first-order valence-electron chi connectivity index (χ1n) is 8.13. The predicted octanol–water partition coefficient (Wildman–Crippen LogP) is 2.13. The molecule has 1 aliphatic carbocycles. The summed E-state index contributed by atoms with van der Waals surface area (Å²) >= 11 is 6.38. The summed E-state index contributed by atoms with van der Waals surface area (Å²) in [6.45, 7) is 3.44. The maximum absolute atomic E-state index is 6.38. The van der Waals surface area contributed by atoms with Gasteiger partial charge in [-0.2, -0.15) is 0 Å². The van der Waals surface area contributed by atoms with Crippen LogP contribution in [0, 0.1) is 0 Å². The second-order valence-electron chi connectivity index (χ2n) is 5.97. The smallest absolute Gasteiger partial charge is 0.227 e. The average Bonchev–Trinajstić information content (AvgIpc) is 2.63. The van der Waals surface area contributed by atoms with E-state index in [2.05, 4.69) is 24.8 Å². The van der Waals surface area contributed by atoms with Gasteiger partial charge in [0, 0.05) is 44.1 Å². The summed E-state index contributed by atoms with van der Waals surface area (Å²) in [7, 11) is 0. The van der Waals surface area contributed by atoms with Crippen LogP contribution in [0.3, 0.4) is 0 Å². The van der Waals surface area contributed by atoms with E-state index in [1.807, 2.05) is 6.07 Å². The number of aryl methyl sites for hydroxylation is 1. The highest BCUT2D eigenvalue weighted by Crippen LogP contribution is 2.27. The molecule has 0 saturated carbocycles. The molecule has 0 bridgehead atoms. The van der Waals surface area contributed by atoms with Crippen molar-refractivity contribution in [1.29, 1.82) is 0 Å². The first-order chi connectivity index (χ1) is 11.3. The molecule has 0 radical (unpaired) electrons. The van der Waals surface area contributed by atoms with Crippen LogP contribution in [0.15, 0.2) is 18.5 Å². The second kappa shape index (κ2) is 6.28. The average molecular weight is 331 g/mol. The topological polar surface area (TPSA) is 58.0 Å². The summed E-state index contributed by atoms with van der Waals surface area (Å²) in [6.07, 6.45) is 7.96. The van der Waals surface area contributed by atoms with Crippen molar-refractivity contribution in [2.24, 2.45) is 0 Å². The van der Waals surface area contributed by atoms with Crippen molar-refractivity contribution in [2.75, 3.05) is 36.0 Å². The van der Waals surface area contributed by atoms with E-state index in [9.17, 15) is 0 Å². The molecule has 1 aliphatic heterocycles. The highest BCUT2D eigenvalue weighted by Gasteiger charge is 2.23. The Kier molecular flexibility index (Phi) is 3.99. The number of nitrogens with zero attached hydrogens (tertiary/aromatic N) is 6. The third-order valence-electron chi connectivity index (χ3n) is 4.52. The zero-order chi connectivity index (χ0) is 15.6. The monoisotopic (exact) mass is 330 g/mol. The van der Waals surface area contributed by atoms with Crippen LogP contribution >= 0.6 is 11.6 Å². The van der Waals surface area contributed by atoms with E-state index in [1.54, 1.807) is 12.4 Å². The van der Waals surface area contributed by atoms with Gasteiger partial charge in [-0.3, -0.25) is 0 Å². The maximum Gasteiger partial charge on any atom is 0.227 e. The lowest BCUT2D eigenvalue weighted by Gasteiger charge is -2.35. The Balaban J connectivity index is 1.49. The Hall–Kier alpha value is -1.95. The molecule has 2 aromatic heterocycles. The van der Waals surface area contributed by atoms with E-state index in [1.165, 1.54) is 12.8 Å². The van der Waals surface area contributed by atoms with Crippen molar-refractivity contribution in [3.05, 3.63) is 34.9 Å². The Morgan fingerprint density at radius 3 is 2.22 bits per heavy atom. The molecule has 2 aliphatic rings. The molecule has 0 spiro atoms. The predicted molar refractivity (Wildman–Crippen MR) is 90.1 cm³/mol. The Morgan fingerprint density at radius 2 is 1.48 bits per heavy atom. The molecule has 23 heavy (non-hydrogen) atoms.